The summed E-state index contributed by atoms with van der Waals surface area (Å²) in [7, 11) is 0. The number of carbonyl (C=O) groups is 1. The molecule has 0 spiro atoms. The Labute approximate surface area is 115 Å². The Hall–Kier alpha value is -1.70. The molecule has 1 N–H and O–H groups in total. The number of esters is 1. The first-order chi connectivity index (χ1) is 8.56. The van der Waals surface area contributed by atoms with Crippen LogP contribution in [0.3, 0.4) is 0 Å². The van der Waals surface area contributed by atoms with Gasteiger partial charge in [-0.1, -0.05) is 23.2 Å². The number of anilines is 1. The minimum Gasteiger partial charge on any atom is -0.462 e. The van der Waals surface area contributed by atoms with Crippen LogP contribution in [-0.4, -0.2) is 12.6 Å². The van der Waals surface area contributed by atoms with Crippen LogP contribution in [0, 0.1) is 11.3 Å². The summed E-state index contributed by atoms with van der Waals surface area (Å²) in [6.07, 6.45) is 1.25. The molecule has 0 radical (unpaired) electrons. The first kappa shape index (κ1) is 14.4. The van der Waals surface area contributed by atoms with Crippen LogP contribution in [-0.2, 0) is 9.53 Å². The van der Waals surface area contributed by atoms with Gasteiger partial charge in [0.05, 0.1) is 6.61 Å². The largest absolute Gasteiger partial charge is 0.462 e. The summed E-state index contributed by atoms with van der Waals surface area (Å²) in [5, 5.41) is 12.5. The predicted molar refractivity (Wildman–Crippen MR) is 70.4 cm³/mol. The van der Waals surface area contributed by atoms with E-state index in [4.69, 9.17) is 33.2 Å². The van der Waals surface area contributed by atoms with Gasteiger partial charge in [0.1, 0.15) is 6.07 Å². The van der Waals surface area contributed by atoms with Crippen LogP contribution in [0.2, 0.25) is 10.0 Å². The summed E-state index contributed by atoms with van der Waals surface area (Å²) in [6, 6.07) is 6.55. The summed E-state index contributed by atoms with van der Waals surface area (Å²) >= 11 is 11.6. The van der Waals surface area contributed by atoms with Crippen LogP contribution < -0.4 is 5.32 Å². The van der Waals surface area contributed by atoms with Crippen molar-refractivity contribution in [2.45, 2.75) is 6.92 Å². The molecular formula is C12H10Cl2N2O2. The first-order valence-electron chi connectivity index (χ1n) is 5.07. The second-order valence-electron chi connectivity index (χ2n) is 3.19. The summed E-state index contributed by atoms with van der Waals surface area (Å²) in [5.74, 6) is -0.680. The molecule has 6 heteroatoms. The third kappa shape index (κ3) is 4.28. The van der Waals surface area contributed by atoms with E-state index in [1.807, 2.05) is 0 Å². The minimum atomic E-state index is -0.680. The molecule has 0 atom stereocenters. The molecular weight excluding hydrogens is 275 g/mol. The number of nitrogens with one attached hydrogen (secondary N) is 1. The number of halogens is 2. The van der Waals surface area contributed by atoms with Crippen molar-refractivity contribution < 1.29 is 9.53 Å². The molecule has 0 aliphatic heterocycles. The quantitative estimate of drug-likeness (QED) is 0.523. The Morgan fingerprint density at radius 1 is 1.44 bits per heavy atom. The third-order valence-corrected chi connectivity index (χ3v) is 2.30. The molecule has 1 rings (SSSR count). The van der Waals surface area contributed by atoms with Gasteiger partial charge in [0.15, 0.2) is 5.57 Å². The van der Waals surface area contributed by atoms with Crippen LogP contribution in [0.4, 0.5) is 5.69 Å². The van der Waals surface area contributed by atoms with Crippen molar-refractivity contribution in [2.24, 2.45) is 0 Å². The lowest BCUT2D eigenvalue weighted by atomic mass is 10.3. The number of rotatable bonds is 4. The summed E-state index contributed by atoms with van der Waals surface area (Å²) in [4.78, 5) is 11.3. The average Bonchev–Trinajstić information content (AvgIpc) is 2.29. The smallest absolute Gasteiger partial charge is 0.350 e. The lowest BCUT2D eigenvalue weighted by molar-refractivity contribution is -0.138. The lowest BCUT2D eigenvalue weighted by Gasteiger charge is -2.04. The van der Waals surface area contributed by atoms with Gasteiger partial charge in [-0.15, -0.1) is 0 Å². The van der Waals surface area contributed by atoms with Gasteiger partial charge in [-0.05, 0) is 25.1 Å². The van der Waals surface area contributed by atoms with Crippen molar-refractivity contribution >= 4 is 34.9 Å². The zero-order valence-electron chi connectivity index (χ0n) is 9.54. The molecule has 4 nitrogen and oxygen atoms in total. The Kier molecular flexibility index (Phi) is 5.50. The van der Waals surface area contributed by atoms with E-state index in [0.717, 1.165) is 0 Å². The van der Waals surface area contributed by atoms with Gasteiger partial charge in [-0.3, -0.25) is 0 Å². The maximum Gasteiger partial charge on any atom is 0.350 e. The fourth-order valence-electron chi connectivity index (χ4n) is 1.14. The molecule has 0 bridgehead atoms. The van der Waals surface area contributed by atoms with E-state index in [1.54, 1.807) is 31.2 Å². The van der Waals surface area contributed by atoms with Crippen LogP contribution in [0.25, 0.3) is 0 Å². The highest BCUT2D eigenvalue weighted by atomic mass is 35.5. The van der Waals surface area contributed by atoms with E-state index in [2.05, 4.69) is 5.32 Å². The highest BCUT2D eigenvalue weighted by Gasteiger charge is 2.09. The maximum atomic E-state index is 11.3. The molecule has 0 aliphatic rings. The summed E-state index contributed by atoms with van der Waals surface area (Å²) in [5.41, 5.74) is 0.442. The van der Waals surface area contributed by atoms with E-state index < -0.39 is 5.97 Å². The van der Waals surface area contributed by atoms with Crippen LogP contribution in [0.15, 0.2) is 30.0 Å². The van der Waals surface area contributed by atoms with Gasteiger partial charge >= 0.3 is 5.97 Å². The molecule has 0 heterocycles. The van der Waals surface area contributed by atoms with Crippen molar-refractivity contribution in [1.29, 1.82) is 5.26 Å². The van der Waals surface area contributed by atoms with Gasteiger partial charge in [0, 0.05) is 21.9 Å². The Balaban J connectivity index is 2.83. The summed E-state index contributed by atoms with van der Waals surface area (Å²) < 4.78 is 4.71. The van der Waals surface area contributed by atoms with Gasteiger partial charge < -0.3 is 10.1 Å². The number of carbonyl (C=O) groups excluding carboxylic acids is 1. The van der Waals surface area contributed by atoms with Gasteiger partial charge in [-0.2, -0.15) is 5.26 Å². The second-order valence-corrected chi connectivity index (χ2v) is 4.07. The maximum absolute atomic E-state index is 11.3. The number of nitrogens with zero attached hydrogens (tertiary/aromatic N) is 1. The van der Waals surface area contributed by atoms with Crippen molar-refractivity contribution in [3.63, 3.8) is 0 Å². The third-order valence-electron chi connectivity index (χ3n) is 1.86. The molecule has 18 heavy (non-hydrogen) atoms. The molecule has 1 aromatic rings. The molecule has 1 aromatic carbocycles. The molecule has 0 fully saturated rings. The van der Waals surface area contributed by atoms with Crippen LogP contribution in [0.1, 0.15) is 6.92 Å². The number of hydrogen-bond acceptors (Lipinski definition) is 4. The standard InChI is InChI=1S/C12H10Cl2N2O2/c1-2-18-12(17)8(6-15)7-16-11-4-9(13)3-10(14)5-11/h3-5,7,16H,2H2,1H3/b8-7-. The zero-order chi connectivity index (χ0) is 13.5. The summed E-state index contributed by atoms with van der Waals surface area (Å²) in [6.45, 7) is 1.87. The van der Waals surface area contributed by atoms with Gasteiger partial charge in [0.25, 0.3) is 0 Å². The van der Waals surface area contributed by atoms with Gasteiger partial charge in [-0.25, -0.2) is 4.79 Å². The van der Waals surface area contributed by atoms with E-state index >= 15 is 0 Å². The molecule has 0 unspecified atom stereocenters. The van der Waals surface area contributed by atoms with Crippen molar-refractivity contribution in [2.75, 3.05) is 11.9 Å². The Bertz CT molecular complexity index is 501. The second kappa shape index (κ2) is 6.90. The molecule has 0 saturated carbocycles. The predicted octanol–water partition coefficient (Wildman–Crippen LogP) is 3.38. The normalized spacial score (nSPS) is 10.7. The van der Waals surface area contributed by atoms with Crippen molar-refractivity contribution in [3.05, 3.63) is 40.0 Å². The molecule has 0 amide bonds. The van der Waals surface area contributed by atoms with Crippen LogP contribution >= 0.6 is 23.2 Å². The lowest BCUT2D eigenvalue weighted by Crippen LogP contribution is -2.07. The number of benzene rings is 1. The Morgan fingerprint density at radius 2 is 2.06 bits per heavy atom. The fourth-order valence-corrected chi connectivity index (χ4v) is 1.66. The molecule has 0 saturated heterocycles. The van der Waals surface area contributed by atoms with Gasteiger partial charge in [0.2, 0.25) is 0 Å². The SMILES string of the molecule is CCOC(=O)/C(C#N)=C\Nc1cc(Cl)cc(Cl)c1. The zero-order valence-corrected chi connectivity index (χ0v) is 11.0. The first-order valence-corrected chi connectivity index (χ1v) is 5.82. The molecule has 94 valence electrons. The van der Waals surface area contributed by atoms with Crippen LogP contribution in [0.5, 0.6) is 0 Å². The fraction of sp³-hybridized carbons (Fsp3) is 0.167. The molecule has 0 aliphatic carbocycles. The highest BCUT2D eigenvalue weighted by Crippen LogP contribution is 2.22. The van der Waals surface area contributed by atoms with E-state index in [-0.39, 0.29) is 12.2 Å². The van der Waals surface area contributed by atoms with E-state index in [9.17, 15) is 4.79 Å². The topological polar surface area (TPSA) is 62.1 Å². The van der Waals surface area contributed by atoms with E-state index in [0.29, 0.717) is 15.7 Å². The van der Waals surface area contributed by atoms with Crippen molar-refractivity contribution in [3.8, 4) is 6.07 Å². The number of hydrogen-bond donors (Lipinski definition) is 1. The average molecular weight is 285 g/mol. The number of ether oxygens (including phenoxy) is 1. The minimum absolute atomic E-state index is 0.132. The molecule has 0 aromatic heterocycles. The highest BCUT2D eigenvalue weighted by molar-refractivity contribution is 6.35. The Morgan fingerprint density at radius 3 is 2.56 bits per heavy atom. The van der Waals surface area contributed by atoms with E-state index in [1.165, 1.54) is 6.20 Å². The monoisotopic (exact) mass is 284 g/mol. The van der Waals surface area contributed by atoms with Crippen molar-refractivity contribution in [1.82, 2.24) is 0 Å². The number of nitriles is 1.